The zero-order chi connectivity index (χ0) is 30.0. The van der Waals surface area contributed by atoms with Crippen LogP contribution in [0.5, 0.6) is 5.75 Å². The quantitative estimate of drug-likeness (QED) is 0.312. The number of amides is 2. The Labute approximate surface area is 232 Å². The lowest BCUT2D eigenvalue weighted by molar-refractivity contribution is -0.148. The van der Waals surface area contributed by atoms with Crippen molar-refractivity contribution < 1.29 is 39.6 Å². The molecule has 4 atom stereocenters. The number of aliphatic hydroxyl groups excluding tert-OH is 2. The number of aliphatic hydroxyl groups is 3. The van der Waals surface area contributed by atoms with Crippen LogP contribution in [-0.4, -0.2) is 107 Å². The first-order valence-corrected chi connectivity index (χ1v) is 13.1. The summed E-state index contributed by atoms with van der Waals surface area (Å²) in [7, 11) is 6.62. The van der Waals surface area contributed by atoms with Crippen LogP contribution in [0.4, 0.5) is 5.69 Å². The summed E-state index contributed by atoms with van der Waals surface area (Å²) in [5.41, 5.74) is 2.22. The maximum Gasteiger partial charge on any atom is 0.257 e. The molecule has 4 rings (SSSR count). The van der Waals surface area contributed by atoms with Crippen molar-refractivity contribution in [2.24, 2.45) is 17.6 Å². The number of hydrogen-bond acceptors (Lipinski definition) is 10. The third-order valence-electron chi connectivity index (χ3n) is 8.46. The molecule has 0 spiro atoms. The van der Waals surface area contributed by atoms with Gasteiger partial charge in [0, 0.05) is 44.4 Å². The van der Waals surface area contributed by atoms with Crippen LogP contribution in [0.15, 0.2) is 28.7 Å². The standard InChI is InChI=1S/C28H36N4O8/c1-7-32(8-2)27(39)14-11-16(30(3)4)13-9-12-10-15-20(31(5)6)23(35)19(26(29)38)25(37)28(15,40)24(36)17(12)22(34)18(13)21(14)33/h11-12,15,20,33,35-36,40H,7-10H2,1-6H3,(H2,29,38)/t12-,15-,20-,28-/m0/s1. The zero-order valence-corrected chi connectivity index (χ0v) is 23.5. The first kappa shape index (κ1) is 29.1. The van der Waals surface area contributed by atoms with E-state index in [9.17, 15) is 39.6 Å². The number of carbonyl (C=O) groups excluding carboxylic acids is 4. The van der Waals surface area contributed by atoms with Crippen LogP contribution in [-0.2, 0) is 16.0 Å². The third kappa shape index (κ3) is 3.88. The maximum atomic E-state index is 14.1. The summed E-state index contributed by atoms with van der Waals surface area (Å²) in [4.78, 5) is 57.6. The van der Waals surface area contributed by atoms with Crippen LogP contribution < -0.4 is 10.6 Å². The molecule has 1 aromatic carbocycles. The predicted molar refractivity (Wildman–Crippen MR) is 145 cm³/mol. The smallest absolute Gasteiger partial charge is 0.257 e. The van der Waals surface area contributed by atoms with Gasteiger partial charge in [-0.25, -0.2) is 0 Å². The molecule has 3 aliphatic carbocycles. The number of primary amides is 1. The van der Waals surface area contributed by atoms with Crippen LogP contribution >= 0.6 is 0 Å². The molecule has 0 aromatic heterocycles. The molecule has 2 amide bonds. The van der Waals surface area contributed by atoms with Crippen molar-refractivity contribution in [2.45, 2.75) is 38.3 Å². The molecular weight excluding hydrogens is 520 g/mol. The van der Waals surface area contributed by atoms with E-state index in [1.165, 1.54) is 15.9 Å². The second-order valence-corrected chi connectivity index (χ2v) is 11.0. The van der Waals surface area contributed by atoms with Crippen molar-refractivity contribution >= 4 is 29.1 Å². The van der Waals surface area contributed by atoms with E-state index in [2.05, 4.69) is 0 Å². The molecule has 0 aliphatic heterocycles. The lowest BCUT2D eigenvalue weighted by Gasteiger charge is -2.50. The van der Waals surface area contributed by atoms with Gasteiger partial charge in [0.15, 0.2) is 11.4 Å². The van der Waals surface area contributed by atoms with Crippen molar-refractivity contribution in [3.8, 4) is 5.75 Å². The number of hydrogen-bond donors (Lipinski definition) is 5. The maximum absolute atomic E-state index is 14.1. The monoisotopic (exact) mass is 556 g/mol. The van der Waals surface area contributed by atoms with Gasteiger partial charge >= 0.3 is 0 Å². The Kier molecular flexibility index (Phi) is 7.22. The lowest BCUT2D eigenvalue weighted by atomic mass is 9.58. The highest BCUT2D eigenvalue weighted by Gasteiger charge is 2.63. The summed E-state index contributed by atoms with van der Waals surface area (Å²) in [5.74, 6) is -7.83. The lowest BCUT2D eigenvalue weighted by Crippen LogP contribution is -2.63. The number of likely N-dealkylation sites (N-methyl/N-ethyl adjacent to an activating group) is 1. The molecule has 0 heterocycles. The molecule has 12 nitrogen and oxygen atoms in total. The summed E-state index contributed by atoms with van der Waals surface area (Å²) in [6.45, 7) is 4.32. The number of Topliss-reactive ketones (excluding diaryl/α,β-unsaturated/α-hetero) is 2. The molecular formula is C28H36N4O8. The predicted octanol–water partition coefficient (Wildman–Crippen LogP) is 0.669. The molecule has 216 valence electrons. The Hall–Kier alpha value is -3.90. The minimum Gasteiger partial charge on any atom is -0.510 e. The first-order valence-electron chi connectivity index (χ1n) is 13.1. The number of aromatic hydroxyl groups is 1. The van der Waals surface area contributed by atoms with Gasteiger partial charge in [-0.3, -0.25) is 24.1 Å². The highest BCUT2D eigenvalue weighted by molar-refractivity contribution is 6.25. The summed E-state index contributed by atoms with van der Waals surface area (Å²) in [6.07, 6.45) is 0.120. The van der Waals surface area contributed by atoms with Gasteiger partial charge in [-0.2, -0.15) is 0 Å². The summed E-state index contributed by atoms with van der Waals surface area (Å²) in [5, 5.41) is 45.4. The van der Waals surface area contributed by atoms with E-state index in [1.54, 1.807) is 46.9 Å². The molecule has 0 saturated carbocycles. The van der Waals surface area contributed by atoms with Crippen LogP contribution in [0.1, 0.15) is 46.5 Å². The highest BCUT2D eigenvalue weighted by atomic mass is 16.3. The van der Waals surface area contributed by atoms with Crippen LogP contribution in [0.3, 0.4) is 0 Å². The molecule has 1 aromatic rings. The number of nitrogens with zero attached hydrogens (tertiary/aromatic N) is 3. The number of phenols is 1. The van der Waals surface area contributed by atoms with Crippen molar-refractivity contribution in [3.63, 3.8) is 0 Å². The number of ketones is 2. The Balaban J connectivity index is 1.98. The molecule has 0 unspecified atom stereocenters. The highest BCUT2D eigenvalue weighted by Crippen LogP contribution is 2.53. The van der Waals surface area contributed by atoms with Gasteiger partial charge < -0.3 is 36.0 Å². The molecule has 40 heavy (non-hydrogen) atoms. The first-order chi connectivity index (χ1) is 18.6. The fourth-order valence-corrected chi connectivity index (χ4v) is 6.54. The summed E-state index contributed by atoms with van der Waals surface area (Å²) >= 11 is 0. The fraction of sp³-hybridized carbons (Fsp3) is 0.500. The molecule has 0 saturated heterocycles. The second-order valence-electron chi connectivity index (χ2n) is 11.0. The van der Waals surface area contributed by atoms with E-state index < -0.39 is 69.7 Å². The van der Waals surface area contributed by atoms with Crippen LogP contribution in [0, 0.1) is 11.8 Å². The molecule has 12 heteroatoms. The normalized spacial score (nSPS) is 25.9. The molecule has 0 radical (unpaired) electrons. The second kappa shape index (κ2) is 9.93. The Morgan fingerprint density at radius 2 is 1.68 bits per heavy atom. The van der Waals surface area contributed by atoms with Crippen LogP contribution in [0.25, 0.3) is 0 Å². The van der Waals surface area contributed by atoms with Crippen molar-refractivity contribution in [2.75, 3.05) is 46.2 Å². The topological polar surface area (TPSA) is 185 Å². The van der Waals surface area contributed by atoms with Gasteiger partial charge in [0.25, 0.3) is 11.8 Å². The Morgan fingerprint density at radius 3 is 2.17 bits per heavy atom. The fourth-order valence-electron chi connectivity index (χ4n) is 6.54. The molecule has 6 N–H and O–H groups in total. The molecule has 3 aliphatic rings. The van der Waals surface area contributed by atoms with E-state index in [4.69, 9.17) is 5.73 Å². The minimum atomic E-state index is -2.72. The average Bonchev–Trinajstić information content (AvgIpc) is 2.86. The number of carbonyl (C=O) groups is 4. The number of fused-ring (bicyclic) bond motifs is 3. The van der Waals surface area contributed by atoms with E-state index in [0.29, 0.717) is 24.3 Å². The zero-order valence-electron chi connectivity index (χ0n) is 23.5. The van der Waals surface area contributed by atoms with Gasteiger partial charge in [-0.05, 0) is 58.3 Å². The van der Waals surface area contributed by atoms with Crippen molar-refractivity contribution in [1.29, 1.82) is 0 Å². The average molecular weight is 557 g/mol. The van der Waals surface area contributed by atoms with Gasteiger partial charge in [-0.1, -0.05) is 0 Å². The number of anilines is 1. The van der Waals surface area contributed by atoms with Gasteiger partial charge in [0.05, 0.1) is 17.2 Å². The SMILES string of the molecule is CCN(CC)C(=O)c1cc(N(C)C)c2c(c1O)C(=O)C1=C(O)[C@]3(O)C(=O)C(C(N)=O)=C(O)[C@@H](N(C)C)[C@@H]3C[C@@H]1C2. The van der Waals surface area contributed by atoms with Crippen LogP contribution in [0.2, 0.25) is 0 Å². The minimum absolute atomic E-state index is 0.0144. The van der Waals surface area contributed by atoms with Gasteiger partial charge in [-0.15, -0.1) is 0 Å². The summed E-state index contributed by atoms with van der Waals surface area (Å²) in [6, 6.07) is 0.470. The van der Waals surface area contributed by atoms with E-state index >= 15 is 0 Å². The third-order valence-corrected chi connectivity index (χ3v) is 8.46. The molecule has 0 fully saturated rings. The number of phenolic OH excluding ortho intramolecular Hbond substituents is 1. The van der Waals surface area contributed by atoms with E-state index in [1.807, 2.05) is 0 Å². The Morgan fingerprint density at radius 1 is 1.07 bits per heavy atom. The van der Waals surface area contributed by atoms with Crippen molar-refractivity contribution in [1.82, 2.24) is 9.80 Å². The number of rotatable bonds is 6. The van der Waals surface area contributed by atoms with E-state index in [-0.39, 0.29) is 29.5 Å². The largest absolute Gasteiger partial charge is 0.510 e. The molecule has 0 bridgehead atoms. The Bertz CT molecular complexity index is 1390. The number of benzene rings is 1. The number of nitrogens with two attached hydrogens (primary N) is 1. The van der Waals surface area contributed by atoms with Crippen molar-refractivity contribution in [3.05, 3.63) is 45.4 Å². The van der Waals surface area contributed by atoms with Gasteiger partial charge in [0.2, 0.25) is 5.78 Å². The van der Waals surface area contributed by atoms with E-state index in [0.717, 1.165) is 0 Å². The summed E-state index contributed by atoms with van der Waals surface area (Å²) < 4.78 is 0. The number of allylic oxidation sites excluding steroid dienone is 1. The van der Waals surface area contributed by atoms with Gasteiger partial charge in [0.1, 0.15) is 22.8 Å².